The van der Waals surface area contributed by atoms with Gasteiger partial charge in [-0.05, 0) is 32.1 Å². The van der Waals surface area contributed by atoms with E-state index in [1.807, 2.05) is 0 Å². The number of nitrogens with one attached hydrogen (secondary N) is 2. The van der Waals surface area contributed by atoms with Crippen LogP contribution in [0.3, 0.4) is 0 Å². The zero-order chi connectivity index (χ0) is 11.4. The van der Waals surface area contributed by atoms with Crippen molar-refractivity contribution in [3.63, 3.8) is 0 Å². The first-order valence-corrected chi connectivity index (χ1v) is 6.47. The van der Waals surface area contributed by atoms with Crippen molar-refractivity contribution >= 4 is 6.03 Å². The molecule has 2 aliphatic rings. The van der Waals surface area contributed by atoms with Crippen LogP contribution >= 0.6 is 0 Å². The van der Waals surface area contributed by atoms with Gasteiger partial charge in [0.2, 0.25) is 0 Å². The monoisotopic (exact) mass is 226 g/mol. The maximum atomic E-state index is 11.7. The molecule has 2 amide bonds. The largest absolute Gasteiger partial charge is 0.396 e. The molecular weight excluding hydrogens is 204 g/mol. The molecule has 92 valence electrons. The molecule has 0 spiro atoms. The number of hydrogen-bond acceptors (Lipinski definition) is 2. The van der Waals surface area contributed by atoms with Crippen LogP contribution in [0.25, 0.3) is 0 Å². The van der Waals surface area contributed by atoms with Gasteiger partial charge in [0.25, 0.3) is 0 Å². The number of rotatable bonds is 3. The van der Waals surface area contributed by atoms with Gasteiger partial charge in [-0.25, -0.2) is 4.79 Å². The second-order valence-corrected chi connectivity index (χ2v) is 5.08. The van der Waals surface area contributed by atoms with E-state index in [4.69, 9.17) is 0 Å². The van der Waals surface area contributed by atoms with Crippen LogP contribution in [0.2, 0.25) is 0 Å². The lowest BCUT2D eigenvalue weighted by Gasteiger charge is -2.32. The van der Waals surface area contributed by atoms with E-state index in [1.54, 1.807) is 0 Å². The Bertz CT molecular complexity index is 241. The fourth-order valence-corrected chi connectivity index (χ4v) is 2.56. The van der Waals surface area contributed by atoms with Gasteiger partial charge in [0.15, 0.2) is 0 Å². The minimum atomic E-state index is -0.0463. The number of aliphatic hydroxyl groups excluding tert-OH is 1. The third-order valence-corrected chi connectivity index (χ3v) is 3.90. The van der Waals surface area contributed by atoms with Crippen molar-refractivity contribution in [2.24, 2.45) is 5.92 Å². The quantitative estimate of drug-likeness (QED) is 0.681. The third-order valence-electron chi connectivity index (χ3n) is 3.90. The highest BCUT2D eigenvalue weighted by molar-refractivity contribution is 5.74. The van der Waals surface area contributed by atoms with Crippen LogP contribution in [0, 0.1) is 5.92 Å². The number of aliphatic hydroxyl groups is 1. The molecule has 2 rings (SSSR count). The van der Waals surface area contributed by atoms with Crippen LogP contribution in [0.15, 0.2) is 0 Å². The molecule has 2 saturated carbocycles. The van der Waals surface area contributed by atoms with Gasteiger partial charge in [-0.15, -0.1) is 0 Å². The summed E-state index contributed by atoms with van der Waals surface area (Å²) in [7, 11) is 0. The van der Waals surface area contributed by atoms with Crippen molar-refractivity contribution in [3.8, 4) is 0 Å². The van der Waals surface area contributed by atoms with E-state index in [0.717, 1.165) is 32.1 Å². The minimum absolute atomic E-state index is 0.0463. The first-order chi connectivity index (χ1) is 7.79. The molecule has 4 nitrogen and oxygen atoms in total. The first-order valence-electron chi connectivity index (χ1n) is 6.47. The van der Waals surface area contributed by atoms with Crippen molar-refractivity contribution in [1.82, 2.24) is 10.6 Å². The van der Waals surface area contributed by atoms with E-state index in [1.165, 1.54) is 12.8 Å². The van der Waals surface area contributed by atoms with E-state index in [-0.39, 0.29) is 24.6 Å². The average molecular weight is 226 g/mol. The fraction of sp³-hybridized carbons (Fsp3) is 0.917. The zero-order valence-electron chi connectivity index (χ0n) is 9.74. The van der Waals surface area contributed by atoms with Crippen molar-refractivity contribution in [1.29, 1.82) is 0 Å². The highest BCUT2D eigenvalue weighted by atomic mass is 16.3. The van der Waals surface area contributed by atoms with Crippen LogP contribution < -0.4 is 10.6 Å². The summed E-state index contributed by atoms with van der Waals surface area (Å²) in [5.74, 6) is 0.251. The van der Waals surface area contributed by atoms with Gasteiger partial charge in [0.1, 0.15) is 0 Å². The summed E-state index contributed by atoms with van der Waals surface area (Å²) in [6.45, 7) is 0.189. The number of amides is 2. The van der Waals surface area contributed by atoms with Crippen LogP contribution in [0.5, 0.6) is 0 Å². The molecule has 0 aromatic heterocycles. The molecule has 0 saturated heterocycles. The Balaban J connectivity index is 1.75. The number of carbonyl (C=O) groups is 1. The molecule has 2 aliphatic carbocycles. The Morgan fingerprint density at radius 2 is 1.81 bits per heavy atom. The van der Waals surface area contributed by atoms with Crippen LogP contribution in [0.4, 0.5) is 4.79 Å². The molecule has 0 heterocycles. The third kappa shape index (κ3) is 2.88. The summed E-state index contributed by atoms with van der Waals surface area (Å²) >= 11 is 0. The van der Waals surface area contributed by atoms with Crippen LogP contribution in [0.1, 0.15) is 44.9 Å². The van der Waals surface area contributed by atoms with Gasteiger partial charge < -0.3 is 15.7 Å². The Morgan fingerprint density at radius 1 is 1.06 bits per heavy atom. The molecular formula is C12H22N2O2. The molecule has 2 atom stereocenters. The predicted molar refractivity (Wildman–Crippen MR) is 62.1 cm³/mol. The molecule has 0 radical (unpaired) electrons. The Labute approximate surface area is 96.8 Å². The normalized spacial score (nSPS) is 30.6. The summed E-state index contributed by atoms with van der Waals surface area (Å²) in [5.41, 5.74) is 0. The van der Waals surface area contributed by atoms with Crippen molar-refractivity contribution in [2.75, 3.05) is 6.61 Å². The molecule has 2 fully saturated rings. The molecule has 0 aliphatic heterocycles. The Kier molecular flexibility index (Phi) is 4.04. The summed E-state index contributed by atoms with van der Waals surface area (Å²) in [6.07, 6.45) is 7.82. The average Bonchev–Trinajstić information content (AvgIpc) is 2.24. The predicted octanol–water partition coefficient (Wildman–Crippen LogP) is 1.39. The summed E-state index contributed by atoms with van der Waals surface area (Å²) < 4.78 is 0. The van der Waals surface area contributed by atoms with Gasteiger partial charge in [0.05, 0.1) is 0 Å². The highest BCUT2D eigenvalue weighted by Gasteiger charge is 2.27. The molecule has 0 bridgehead atoms. The number of hydrogen-bond donors (Lipinski definition) is 3. The van der Waals surface area contributed by atoms with E-state index in [0.29, 0.717) is 6.04 Å². The number of carbonyl (C=O) groups excluding carboxylic acids is 1. The molecule has 2 unspecified atom stereocenters. The molecule has 0 aromatic rings. The van der Waals surface area contributed by atoms with Crippen LogP contribution in [-0.4, -0.2) is 29.8 Å². The Morgan fingerprint density at radius 3 is 2.44 bits per heavy atom. The molecule has 3 N–H and O–H groups in total. The zero-order valence-corrected chi connectivity index (χ0v) is 9.74. The lowest BCUT2D eigenvalue weighted by molar-refractivity contribution is 0.152. The molecule has 0 aromatic carbocycles. The van der Waals surface area contributed by atoms with Crippen molar-refractivity contribution in [3.05, 3.63) is 0 Å². The summed E-state index contributed by atoms with van der Waals surface area (Å²) in [5, 5.41) is 15.2. The summed E-state index contributed by atoms with van der Waals surface area (Å²) in [6, 6.07) is 0.505. The van der Waals surface area contributed by atoms with Crippen molar-refractivity contribution < 1.29 is 9.90 Å². The smallest absolute Gasteiger partial charge is 0.315 e. The highest BCUT2D eigenvalue weighted by Crippen LogP contribution is 2.24. The van der Waals surface area contributed by atoms with E-state index in [9.17, 15) is 9.90 Å². The van der Waals surface area contributed by atoms with Crippen LogP contribution in [-0.2, 0) is 0 Å². The SMILES string of the molecule is O=C(NC1CCC1)NC1CCCCC1CO. The second-order valence-electron chi connectivity index (χ2n) is 5.08. The van der Waals surface area contributed by atoms with Gasteiger partial charge in [-0.1, -0.05) is 12.8 Å². The van der Waals surface area contributed by atoms with Gasteiger partial charge >= 0.3 is 6.03 Å². The lowest BCUT2D eigenvalue weighted by Crippen LogP contribution is -2.51. The number of urea groups is 1. The first kappa shape index (κ1) is 11.7. The Hall–Kier alpha value is -0.770. The second kappa shape index (κ2) is 5.53. The van der Waals surface area contributed by atoms with Gasteiger partial charge in [-0.3, -0.25) is 0 Å². The van der Waals surface area contributed by atoms with E-state index >= 15 is 0 Å². The standard InChI is InChI=1S/C12H22N2O2/c15-8-9-4-1-2-7-11(9)14-12(16)13-10-5-3-6-10/h9-11,15H,1-8H2,(H2,13,14,16). The van der Waals surface area contributed by atoms with Crippen molar-refractivity contribution in [2.45, 2.75) is 57.0 Å². The molecule has 16 heavy (non-hydrogen) atoms. The maximum absolute atomic E-state index is 11.7. The van der Waals surface area contributed by atoms with E-state index < -0.39 is 0 Å². The lowest BCUT2D eigenvalue weighted by atomic mass is 9.85. The topological polar surface area (TPSA) is 61.4 Å². The fourth-order valence-electron chi connectivity index (χ4n) is 2.56. The minimum Gasteiger partial charge on any atom is -0.396 e. The maximum Gasteiger partial charge on any atom is 0.315 e. The van der Waals surface area contributed by atoms with E-state index in [2.05, 4.69) is 10.6 Å². The van der Waals surface area contributed by atoms with Gasteiger partial charge in [-0.2, -0.15) is 0 Å². The molecule has 4 heteroatoms. The summed E-state index contributed by atoms with van der Waals surface area (Å²) in [4.78, 5) is 11.7. The van der Waals surface area contributed by atoms with Gasteiger partial charge in [0, 0.05) is 24.6 Å².